The van der Waals surface area contributed by atoms with Gasteiger partial charge in [-0.15, -0.1) is 11.3 Å². The van der Waals surface area contributed by atoms with Crippen LogP contribution in [0.5, 0.6) is 11.5 Å². The Hall–Kier alpha value is -2.46. The molecule has 29 heavy (non-hydrogen) atoms. The zero-order valence-electron chi connectivity index (χ0n) is 15.9. The average Bonchev–Trinajstić information content (AvgIpc) is 3.18. The molecule has 0 saturated heterocycles. The molecule has 0 bridgehead atoms. The van der Waals surface area contributed by atoms with E-state index in [1.807, 2.05) is 54.6 Å². The molecule has 0 amide bonds. The second-order valence-corrected chi connectivity index (χ2v) is 8.28. The Labute approximate surface area is 184 Å². The smallest absolute Gasteiger partial charge is 0.120 e. The van der Waals surface area contributed by atoms with Gasteiger partial charge in [0.2, 0.25) is 0 Å². The first-order valence-electron chi connectivity index (χ1n) is 8.98. The molecule has 0 aliphatic carbocycles. The first-order chi connectivity index (χ1) is 14.1. The normalized spacial score (nSPS) is 10.8. The number of methoxy groups -OCH3 is 2. The van der Waals surface area contributed by atoms with Gasteiger partial charge in [0.05, 0.1) is 24.3 Å². The van der Waals surface area contributed by atoms with Crippen molar-refractivity contribution >= 4 is 34.5 Å². The Morgan fingerprint density at radius 2 is 1.24 bits per heavy atom. The summed E-state index contributed by atoms with van der Waals surface area (Å²) in [5, 5.41) is 1.30. The van der Waals surface area contributed by atoms with Crippen LogP contribution in [0.4, 0.5) is 0 Å². The number of benzene rings is 3. The van der Waals surface area contributed by atoms with Crippen molar-refractivity contribution in [2.75, 3.05) is 14.2 Å². The first kappa shape index (κ1) is 19.8. The van der Waals surface area contributed by atoms with Crippen LogP contribution in [0.25, 0.3) is 32.0 Å². The maximum absolute atomic E-state index is 6.61. The predicted molar refractivity (Wildman–Crippen MR) is 124 cm³/mol. The lowest BCUT2D eigenvalue weighted by Crippen LogP contribution is -1.84. The van der Waals surface area contributed by atoms with E-state index in [0.29, 0.717) is 10.0 Å². The van der Waals surface area contributed by atoms with Crippen LogP contribution in [-0.2, 0) is 0 Å². The Balaban J connectivity index is 1.91. The van der Waals surface area contributed by atoms with E-state index in [4.69, 9.17) is 32.7 Å². The summed E-state index contributed by atoms with van der Waals surface area (Å²) in [6, 6.07) is 24.0. The molecule has 0 aliphatic rings. The summed E-state index contributed by atoms with van der Waals surface area (Å²) in [6.45, 7) is 0. The van der Waals surface area contributed by atoms with Crippen LogP contribution in [0, 0.1) is 0 Å². The van der Waals surface area contributed by atoms with Gasteiger partial charge < -0.3 is 9.47 Å². The fourth-order valence-electron chi connectivity index (χ4n) is 3.19. The highest BCUT2D eigenvalue weighted by Gasteiger charge is 2.18. The average molecular weight is 441 g/mol. The van der Waals surface area contributed by atoms with Crippen LogP contribution in [0.15, 0.2) is 72.8 Å². The number of ether oxygens (including phenoxy) is 2. The lowest BCUT2D eigenvalue weighted by atomic mass is 10.0. The van der Waals surface area contributed by atoms with Gasteiger partial charge in [-0.25, -0.2) is 0 Å². The van der Waals surface area contributed by atoms with Crippen molar-refractivity contribution in [3.8, 4) is 43.5 Å². The van der Waals surface area contributed by atoms with Gasteiger partial charge in [-0.05, 0) is 48.0 Å². The lowest BCUT2D eigenvalue weighted by molar-refractivity contribution is 0.415. The van der Waals surface area contributed by atoms with Crippen LogP contribution >= 0.6 is 34.5 Å². The summed E-state index contributed by atoms with van der Waals surface area (Å²) in [5.74, 6) is 1.46. The second-order valence-electron chi connectivity index (χ2n) is 6.41. The van der Waals surface area contributed by atoms with Crippen LogP contribution in [0.1, 0.15) is 0 Å². The fraction of sp³-hybridized carbons (Fsp3) is 0.0833. The molecule has 0 spiro atoms. The quantitative estimate of drug-likeness (QED) is 0.312. The standard InChI is InChI=1S/C24H18Cl2O2S/c1-27-16-8-10-18(21(25)12-16)23-14-20(15-6-4-3-5-7-15)24(29-23)19-11-9-17(28-2)13-22(19)26/h3-14H,1-2H3. The van der Waals surface area contributed by atoms with Gasteiger partial charge in [0, 0.05) is 26.4 Å². The number of thiophene rings is 1. The van der Waals surface area contributed by atoms with E-state index in [2.05, 4.69) is 18.2 Å². The third-order valence-corrected chi connectivity index (χ3v) is 6.51. The minimum absolute atomic E-state index is 0.649. The third-order valence-electron chi connectivity index (χ3n) is 4.68. The molecule has 0 unspecified atom stereocenters. The van der Waals surface area contributed by atoms with E-state index in [1.165, 1.54) is 0 Å². The highest BCUT2D eigenvalue weighted by molar-refractivity contribution is 7.19. The van der Waals surface area contributed by atoms with Crippen LogP contribution in [0.3, 0.4) is 0 Å². The van der Waals surface area contributed by atoms with Gasteiger partial charge in [0.25, 0.3) is 0 Å². The van der Waals surface area contributed by atoms with Crippen molar-refractivity contribution in [1.82, 2.24) is 0 Å². The van der Waals surface area contributed by atoms with Crippen molar-refractivity contribution in [3.05, 3.63) is 82.8 Å². The van der Waals surface area contributed by atoms with Crippen molar-refractivity contribution in [1.29, 1.82) is 0 Å². The number of hydrogen-bond acceptors (Lipinski definition) is 3. The summed E-state index contributed by atoms with van der Waals surface area (Å²) in [7, 11) is 3.27. The van der Waals surface area contributed by atoms with Crippen molar-refractivity contribution in [3.63, 3.8) is 0 Å². The maximum atomic E-state index is 6.61. The van der Waals surface area contributed by atoms with Crippen molar-refractivity contribution in [2.45, 2.75) is 0 Å². The third kappa shape index (κ3) is 3.99. The second kappa shape index (κ2) is 8.50. The van der Waals surface area contributed by atoms with Crippen LogP contribution in [-0.4, -0.2) is 14.2 Å². The highest BCUT2D eigenvalue weighted by atomic mass is 35.5. The largest absolute Gasteiger partial charge is 0.497 e. The monoisotopic (exact) mass is 440 g/mol. The van der Waals surface area contributed by atoms with Gasteiger partial charge in [0.1, 0.15) is 11.5 Å². The van der Waals surface area contributed by atoms with E-state index in [0.717, 1.165) is 43.5 Å². The maximum Gasteiger partial charge on any atom is 0.120 e. The van der Waals surface area contributed by atoms with E-state index in [9.17, 15) is 0 Å². The number of hydrogen-bond donors (Lipinski definition) is 0. The predicted octanol–water partition coefficient (Wildman–Crippen LogP) is 8.07. The minimum Gasteiger partial charge on any atom is -0.497 e. The van der Waals surface area contributed by atoms with Gasteiger partial charge in [0.15, 0.2) is 0 Å². The Bertz CT molecular complexity index is 1150. The van der Waals surface area contributed by atoms with Gasteiger partial charge in [-0.1, -0.05) is 53.5 Å². The molecule has 5 heteroatoms. The Morgan fingerprint density at radius 3 is 1.79 bits per heavy atom. The topological polar surface area (TPSA) is 18.5 Å². The molecule has 1 heterocycles. The Morgan fingerprint density at radius 1 is 0.655 bits per heavy atom. The molecule has 0 aliphatic heterocycles. The summed E-state index contributed by atoms with van der Waals surface area (Å²) in [4.78, 5) is 2.16. The van der Waals surface area contributed by atoms with Crippen LogP contribution in [0.2, 0.25) is 10.0 Å². The molecule has 1 aromatic heterocycles. The molecule has 4 aromatic rings. The summed E-state index contributed by atoms with van der Waals surface area (Å²) in [6.07, 6.45) is 0. The SMILES string of the molecule is COc1ccc(-c2cc(-c3ccccc3)c(-c3ccc(OC)cc3Cl)s2)c(Cl)c1. The molecule has 146 valence electrons. The van der Waals surface area contributed by atoms with E-state index >= 15 is 0 Å². The van der Waals surface area contributed by atoms with Gasteiger partial charge >= 0.3 is 0 Å². The molecule has 0 fully saturated rings. The van der Waals surface area contributed by atoms with Gasteiger partial charge in [-0.2, -0.15) is 0 Å². The molecule has 0 N–H and O–H groups in total. The zero-order chi connectivity index (χ0) is 20.4. The van der Waals surface area contributed by atoms with E-state index in [-0.39, 0.29) is 0 Å². The molecule has 3 aromatic carbocycles. The first-order valence-corrected chi connectivity index (χ1v) is 10.5. The molecule has 2 nitrogen and oxygen atoms in total. The Kier molecular flexibility index (Phi) is 5.81. The zero-order valence-corrected chi connectivity index (χ0v) is 18.2. The summed E-state index contributed by atoms with van der Waals surface area (Å²) in [5.41, 5.74) is 4.17. The molecular formula is C24H18Cl2O2S. The van der Waals surface area contributed by atoms with E-state index in [1.54, 1.807) is 25.6 Å². The summed E-state index contributed by atoms with van der Waals surface area (Å²) < 4.78 is 10.6. The van der Waals surface area contributed by atoms with E-state index < -0.39 is 0 Å². The molecule has 0 radical (unpaired) electrons. The summed E-state index contributed by atoms with van der Waals surface area (Å²) >= 11 is 14.8. The van der Waals surface area contributed by atoms with Crippen LogP contribution < -0.4 is 9.47 Å². The minimum atomic E-state index is 0.649. The molecular weight excluding hydrogens is 423 g/mol. The molecule has 0 saturated carbocycles. The fourth-order valence-corrected chi connectivity index (χ4v) is 5.09. The van der Waals surface area contributed by atoms with Crippen molar-refractivity contribution in [2.24, 2.45) is 0 Å². The number of rotatable bonds is 5. The lowest BCUT2D eigenvalue weighted by Gasteiger charge is -2.08. The van der Waals surface area contributed by atoms with Crippen molar-refractivity contribution < 1.29 is 9.47 Å². The molecule has 0 atom stereocenters. The number of halogens is 2. The molecule has 4 rings (SSSR count). The van der Waals surface area contributed by atoms with Gasteiger partial charge in [-0.3, -0.25) is 0 Å². The highest BCUT2D eigenvalue weighted by Crippen LogP contribution is 2.47.